The summed E-state index contributed by atoms with van der Waals surface area (Å²) in [5.74, 6) is -0.698. The smallest absolute Gasteiger partial charge is 0.278 e. The number of aryl methyl sites for hydroxylation is 1. The quantitative estimate of drug-likeness (QED) is 0.130. The molecular weight excluding hydrogens is 791 g/mol. The summed E-state index contributed by atoms with van der Waals surface area (Å²) in [6, 6.07) is 16.3. The minimum atomic E-state index is -1.01. The van der Waals surface area contributed by atoms with Crippen molar-refractivity contribution in [2.45, 2.75) is 57.2 Å². The third kappa shape index (κ3) is 6.71. The van der Waals surface area contributed by atoms with Crippen molar-refractivity contribution in [3.05, 3.63) is 106 Å². The number of rotatable bonds is 11. The van der Waals surface area contributed by atoms with Crippen LogP contribution in [0.15, 0.2) is 78.2 Å². The van der Waals surface area contributed by atoms with Crippen LogP contribution in [0, 0.1) is 5.92 Å². The number of imide groups is 2. The van der Waals surface area contributed by atoms with Crippen LogP contribution in [0.3, 0.4) is 0 Å². The molecule has 2 aromatic carbocycles. The molecular formula is C45H47N11O6. The van der Waals surface area contributed by atoms with E-state index in [4.69, 9.17) is 9.97 Å². The first-order chi connectivity index (χ1) is 30.0. The van der Waals surface area contributed by atoms with E-state index in [0.717, 1.165) is 79.8 Å². The van der Waals surface area contributed by atoms with Gasteiger partial charge in [0.1, 0.15) is 17.0 Å². The molecule has 3 fully saturated rings. The van der Waals surface area contributed by atoms with Gasteiger partial charge in [0.15, 0.2) is 11.5 Å². The Morgan fingerprint density at radius 2 is 1.66 bits per heavy atom. The Kier molecular flexibility index (Phi) is 9.74. The molecule has 3 aromatic heterocycles. The molecule has 4 amide bonds. The van der Waals surface area contributed by atoms with E-state index >= 15 is 0 Å². The molecule has 4 aliphatic heterocycles. The molecule has 7 heterocycles. The van der Waals surface area contributed by atoms with Crippen LogP contribution in [-0.4, -0.2) is 115 Å². The second-order valence-electron chi connectivity index (χ2n) is 16.9. The van der Waals surface area contributed by atoms with Gasteiger partial charge in [0, 0.05) is 81.4 Å². The van der Waals surface area contributed by atoms with Crippen LogP contribution in [0.25, 0.3) is 16.9 Å². The standard InChI is InChI=1S/C45H47N11O6/c1-3-17-54-41(59)34-23-46-44(50-39(34)56(54)36-13-5-28-15-16-45(62,4-2)38(28)48-36)47-29-6-8-30(9-7-29)52-20-18-51(19-21-52)24-27-25-53(26-27)31-10-11-32-33(22-31)43(61)55(42(32)60)35-12-14-37(57)49-40(35)58/h3,5-11,13,22-23,27,35,62H,1,4,12,14-21,24-26H2,2H3,(H,46,47,50)(H,49,57,58)/t35?,45-/m1/s1. The van der Waals surface area contributed by atoms with Crippen molar-refractivity contribution < 1.29 is 24.3 Å². The molecule has 62 heavy (non-hydrogen) atoms. The Bertz CT molecular complexity index is 2730. The van der Waals surface area contributed by atoms with E-state index in [1.165, 1.54) is 10.9 Å². The van der Waals surface area contributed by atoms with E-state index in [0.29, 0.717) is 52.8 Å². The number of carbonyl (C=O) groups is 4. The third-order valence-corrected chi connectivity index (χ3v) is 13.1. The van der Waals surface area contributed by atoms with Gasteiger partial charge in [0.25, 0.3) is 17.4 Å². The predicted molar refractivity (Wildman–Crippen MR) is 231 cm³/mol. The van der Waals surface area contributed by atoms with Gasteiger partial charge in [-0.25, -0.2) is 19.3 Å². The lowest BCUT2D eigenvalue weighted by atomic mass is 9.97. The molecule has 5 aromatic rings. The van der Waals surface area contributed by atoms with Gasteiger partial charge in [-0.1, -0.05) is 19.1 Å². The number of nitrogens with one attached hydrogen (secondary N) is 2. The lowest BCUT2D eigenvalue weighted by Crippen LogP contribution is -2.55. The number of nitrogens with zero attached hydrogens (tertiary/aromatic N) is 9. The summed E-state index contributed by atoms with van der Waals surface area (Å²) < 4.78 is 3.22. The van der Waals surface area contributed by atoms with Crippen molar-refractivity contribution in [1.82, 2.24) is 39.4 Å². The molecule has 3 saturated heterocycles. The highest BCUT2D eigenvalue weighted by Gasteiger charge is 2.45. The van der Waals surface area contributed by atoms with Gasteiger partial charge >= 0.3 is 0 Å². The van der Waals surface area contributed by atoms with E-state index in [9.17, 15) is 29.1 Å². The normalized spacial score (nSPS) is 21.6. The van der Waals surface area contributed by atoms with Crippen molar-refractivity contribution in [1.29, 1.82) is 0 Å². The fraction of sp³-hybridized carbons (Fsp3) is 0.378. The SMILES string of the molecule is C=CCn1c(=O)c2cnc(Nc3ccc(N4CCN(CC5CN(c6ccc7c(c6)C(=O)N(C6CCC(=O)NC6=O)C7=O)C5)CC4)cc3)nc2n1-c1ccc2c(n1)[C@@](O)(CC)CC2. The number of piperazine rings is 1. The van der Waals surface area contributed by atoms with Gasteiger partial charge in [-0.3, -0.25) is 39.1 Å². The summed E-state index contributed by atoms with van der Waals surface area (Å²) >= 11 is 0. The van der Waals surface area contributed by atoms with Crippen LogP contribution in [0.2, 0.25) is 0 Å². The Balaban J connectivity index is 0.746. The summed E-state index contributed by atoms with van der Waals surface area (Å²) in [6.07, 6.45) is 5.31. The zero-order valence-electron chi connectivity index (χ0n) is 34.4. The molecule has 0 bridgehead atoms. The first kappa shape index (κ1) is 39.4. The second kappa shape index (κ2) is 15.3. The minimum absolute atomic E-state index is 0.0867. The van der Waals surface area contributed by atoms with Crippen molar-refractivity contribution in [2.24, 2.45) is 5.92 Å². The highest BCUT2D eigenvalue weighted by Crippen LogP contribution is 2.39. The fourth-order valence-electron chi connectivity index (χ4n) is 9.60. The van der Waals surface area contributed by atoms with Crippen LogP contribution in [0.5, 0.6) is 0 Å². The average Bonchev–Trinajstić information content (AvgIpc) is 3.84. The number of allylic oxidation sites excluding steroid dienone is 1. The van der Waals surface area contributed by atoms with Crippen LogP contribution in [-0.2, 0) is 28.2 Å². The van der Waals surface area contributed by atoms with Gasteiger partial charge in [-0.2, -0.15) is 4.98 Å². The number of carbonyl (C=O) groups excluding carboxylic acids is 4. The molecule has 10 rings (SSSR count). The van der Waals surface area contributed by atoms with Crippen molar-refractivity contribution in [3.8, 4) is 5.82 Å². The molecule has 1 aliphatic carbocycles. The number of aromatic nitrogens is 5. The van der Waals surface area contributed by atoms with Gasteiger partial charge in [0.05, 0.1) is 23.4 Å². The van der Waals surface area contributed by atoms with Crippen molar-refractivity contribution >= 4 is 57.7 Å². The van der Waals surface area contributed by atoms with Crippen LogP contribution < -0.4 is 26.0 Å². The van der Waals surface area contributed by atoms with E-state index in [2.05, 4.69) is 49.0 Å². The fourth-order valence-corrected chi connectivity index (χ4v) is 9.60. The van der Waals surface area contributed by atoms with Gasteiger partial charge in [0.2, 0.25) is 17.8 Å². The predicted octanol–water partition coefficient (Wildman–Crippen LogP) is 3.11. The molecule has 1 unspecified atom stereocenters. The van der Waals surface area contributed by atoms with Crippen LogP contribution in [0.1, 0.15) is 64.6 Å². The highest BCUT2D eigenvalue weighted by molar-refractivity contribution is 6.23. The lowest BCUT2D eigenvalue weighted by molar-refractivity contribution is -0.136. The number of piperidine rings is 1. The number of hydrogen-bond donors (Lipinski definition) is 3. The molecule has 0 saturated carbocycles. The largest absolute Gasteiger partial charge is 0.384 e. The van der Waals surface area contributed by atoms with Crippen molar-refractivity contribution in [2.75, 3.05) is 60.9 Å². The molecule has 0 radical (unpaired) electrons. The topological polar surface area (TPSA) is 191 Å². The van der Waals surface area contributed by atoms with Gasteiger partial charge in [-0.15, -0.1) is 6.58 Å². The van der Waals surface area contributed by atoms with E-state index in [1.807, 2.05) is 37.3 Å². The Labute approximate surface area is 356 Å². The maximum Gasteiger partial charge on any atom is 0.278 e. The van der Waals surface area contributed by atoms with E-state index < -0.39 is 35.3 Å². The molecule has 318 valence electrons. The number of pyridine rings is 1. The summed E-state index contributed by atoms with van der Waals surface area (Å²) in [5, 5.41) is 17.2. The zero-order chi connectivity index (χ0) is 42.9. The van der Waals surface area contributed by atoms with Crippen LogP contribution in [0.4, 0.5) is 23.0 Å². The Morgan fingerprint density at radius 1 is 0.903 bits per heavy atom. The Morgan fingerprint density at radius 3 is 2.40 bits per heavy atom. The molecule has 2 atom stereocenters. The maximum atomic E-state index is 13.5. The summed E-state index contributed by atoms with van der Waals surface area (Å²) in [4.78, 5) is 86.3. The molecule has 17 heteroatoms. The van der Waals surface area contributed by atoms with E-state index in [1.54, 1.807) is 22.9 Å². The first-order valence-corrected chi connectivity index (χ1v) is 21.3. The molecule has 17 nitrogen and oxygen atoms in total. The number of hydrogen-bond acceptors (Lipinski definition) is 13. The number of amides is 4. The Hall–Kier alpha value is -6.72. The van der Waals surface area contributed by atoms with Gasteiger partial charge in [-0.05, 0) is 79.8 Å². The van der Waals surface area contributed by atoms with E-state index in [-0.39, 0.29) is 30.5 Å². The molecule has 0 spiro atoms. The number of aliphatic hydroxyl groups is 1. The highest BCUT2D eigenvalue weighted by atomic mass is 16.3. The summed E-state index contributed by atoms with van der Waals surface area (Å²) in [7, 11) is 0. The number of fused-ring (bicyclic) bond motifs is 3. The monoisotopic (exact) mass is 837 g/mol. The summed E-state index contributed by atoms with van der Waals surface area (Å²) in [5.41, 5.74) is 4.18. The second-order valence-corrected chi connectivity index (χ2v) is 16.9. The van der Waals surface area contributed by atoms with Crippen LogP contribution >= 0.6 is 0 Å². The summed E-state index contributed by atoms with van der Waals surface area (Å²) in [6.45, 7) is 12.3. The number of benzene rings is 2. The van der Waals surface area contributed by atoms with Gasteiger partial charge < -0.3 is 20.2 Å². The first-order valence-electron chi connectivity index (χ1n) is 21.3. The lowest BCUT2D eigenvalue weighted by Gasteiger charge is -2.45. The minimum Gasteiger partial charge on any atom is -0.384 e. The average molecular weight is 838 g/mol. The van der Waals surface area contributed by atoms with Crippen molar-refractivity contribution in [3.63, 3.8) is 0 Å². The zero-order valence-corrected chi connectivity index (χ0v) is 34.4. The molecule has 3 N–H and O–H groups in total. The number of anilines is 4. The maximum absolute atomic E-state index is 13.5. The molecule has 5 aliphatic rings. The third-order valence-electron chi connectivity index (χ3n) is 13.1.